The summed E-state index contributed by atoms with van der Waals surface area (Å²) in [4.78, 5) is 4.15. The van der Waals surface area contributed by atoms with Crippen LogP contribution in [0.2, 0.25) is 0 Å². The molecule has 2 aromatic rings. The molecule has 0 unspecified atom stereocenters. The predicted molar refractivity (Wildman–Crippen MR) is 94.9 cm³/mol. The minimum Gasteiger partial charge on any atom is -0.373 e. The van der Waals surface area contributed by atoms with Gasteiger partial charge in [0, 0.05) is 49.8 Å². The van der Waals surface area contributed by atoms with Gasteiger partial charge in [-0.15, -0.1) is 0 Å². The number of nitrogens with one attached hydrogen (secondary N) is 1. The van der Waals surface area contributed by atoms with Gasteiger partial charge in [0.25, 0.3) is 0 Å². The Morgan fingerprint density at radius 1 is 1.38 bits per heavy atom. The first-order chi connectivity index (χ1) is 11.8. The minimum atomic E-state index is 0.175. The molecule has 0 aromatic carbocycles. The van der Waals surface area contributed by atoms with Gasteiger partial charge in [-0.25, -0.2) is 0 Å². The quantitative estimate of drug-likeness (QED) is 0.794. The number of hydrogen-bond acceptors (Lipinski definition) is 4. The minimum absolute atomic E-state index is 0.175. The van der Waals surface area contributed by atoms with Crippen LogP contribution in [0.15, 0.2) is 30.9 Å². The van der Waals surface area contributed by atoms with Crippen molar-refractivity contribution in [2.45, 2.75) is 45.8 Å². The average Bonchev–Trinajstić information content (AvgIpc) is 3.09. The zero-order valence-electron chi connectivity index (χ0n) is 14.7. The van der Waals surface area contributed by atoms with Crippen LogP contribution >= 0.6 is 0 Å². The molecule has 3 rings (SSSR count). The molecule has 1 fully saturated rings. The van der Waals surface area contributed by atoms with Crippen LogP contribution in [0.1, 0.15) is 42.6 Å². The van der Waals surface area contributed by atoms with Gasteiger partial charge in [-0.05, 0) is 56.8 Å². The summed E-state index contributed by atoms with van der Waals surface area (Å²) in [6, 6.07) is 2.11. The molecule has 1 aliphatic rings. The van der Waals surface area contributed by atoms with E-state index in [1.807, 2.05) is 23.3 Å². The van der Waals surface area contributed by atoms with E-state index in [0.717, 1.165) is 39.1 Å². The van der Waals surface area contributed by atoms with Crippen LogP contribution in [0.4, 0.5) is 0 Å². The van der Waals surface area contributed by atoms with Crippen molar-refractivity contribution in [3.05, 3.63) is 47.5 Å². The third-order valence-electron chi connectivity index (χ3n) is 4.86. The fourth-order valence-electron chi connectivity index (χ4n) is 3.41. The number of aryl methyl sites for hydroxylation is 2. The van der Waals surface area contributed by atoms with Crippen molar-refractivity contribution in [3.63, 3.8) is 0 Å². The molecule has 0 amide bonds. The number of aromatic nitrogens is 3. The molecule has 0 spiro atoms. The number of hydrogen-bond donors (Lipinski definition) is 1. The van der Waals surface area contributed by atoms with Crippen molar-refractivity contribution in [1.82, 2.24) is 20.1 Å². The van der Waals surface area contributed by atoms with Crippen LogP contribution in [-0.2, 0) is 17.7 Å². The fourth-order valence-corrected chi connectivity index (χ4v) is 3.41. The molecule has 0 bridgehead atoms. The first-order valence-corrected chi connectivity index (χ1v) is 9.02. The Hall–Kier alpha value is -1.72. The normalized spacial score (nSPS) is 21.1. The van der Waals surface area contributed by atoms with Crippen molar-refractivity contribution in [1.29, 1.82) is 0 Å². The van der Waals surface area contributed by atoms with E-state index in [2.05, 4.69) is 41.5 Å². The first-order valence-electron chi connectivity index (χ1n) is 9.02. The van der Waals surface area contributed by atoms with E-state index in [4.69, 9.17) is 4.74 Å². The molecule has 24 heavy (non-hydrogen) atoms. The van der Waals surface area contributed by atoms with Gasteiger partial charge in [-0.1, -0.05) is 0 Å². The van der Waals surface area contributed by atoms with E-state index in [0.29, 0.717) is 5.92 Å². The Balaban J connectivity index is 1.51. The molecule has 5 nitrogen and oxygen atoms in total. The second-order valence-electron chi connectivity index (χ2n) is 6.58. The van der Waals surface area contributed by atoms with Crippen LogP contribution in [0, 0.1) is 12.8 Å². The Bertz CT molecular complexity index is 640. The van der Waals surface area contributed by atoms with Crippen LogP contribution in [-0.4, -0.2) is 34.5 Å². The smallest absolute Gasteiger partial charge is 0.0895 e. The number of pyridine rings is 1. The van der Waals surface area contributed by atoms with Gasteiger partial charge in [0.2, 0.25) is 0 Å². The summed E-state index contributed by atoms with van der Waals surface area (Å²) in [5, 5.41) is 8.02. The van der Waals surface area contributed by atoms with E-state index in [1.54, 1.807) is 0 Å². The summed E-state index contributed by atoms with van der Waals surface area (Å²) in [7, 11) is 0. The average molecular weight is 328 g/mol. The Kier molecular flexibility index (Phi) is 5.99. The summed E-state index contributed by atoms with van der Waals surface area (Å²) in [6.07, 6.45) is 11.5. The number of rotatable bonds is 7. The number of ether oxygens (including phenoxy) is 1. The Morgan fingerprint density at radius 3 is 3.08 bits per heavy atom. The zero-order chi connectivity index (χ0) is 16.8. The highest BCUT2D eigenvalue weighted by molar-refractivity contribution is 5.21. The maximum absolute atomic E-state index is 6.07. The van der Waals surface area contributed by atoms with Crippen molar-refractivity contribution in [2.24, 2.45) is 5.92 Å². The molecule has 3 heterocycles. The van der Waals surface area contributed by atoms with Crippen molar-refractivity contribution < 1.29 is 4.74 Å². The summed E-state index contributed by atoms with van der Waals surface area (Å²) < 4.78 is 8.04. The maximum atomic E-state index is 6.07. The van der Waals surface area contributed by atoms with Gasteiger partial charge < -0.3 is 10.1 Å². The van der Waals surface area contributed by atoms with Gasteiger partial charge in [-0.3, -0.25) is 9.67 Å². The van der Waals surface area contributed by atoms with E-state index in [-0.39, 0.29) is 6.10 Å². The highest BCUT2D eigenvalue weighted by Crippen LogP contribution is 2.33. The molecule has 0 aliphatic carbocycles. The van der Waals surface area contributed by atoms with Crippen molar-refractivity contribution in [2.75, 3.05) is 19.7 Å². The predicted octanol–water partition coefficient (Wildman–Crippen LogP) is 2.91. The fraction of sp³-hybridized carbons (Fsp3) is 0.579. The Morgan fingerprint density at radius 2 is 2.29 bits per heavy atom. The lowest BCUT2D eigenvalue weighted by Gasteiger charge is -2.31. The van der Waals surface area contributed by atoms with Gasteiger partial charge in [-0.2, -0.15) is 5.10 Å². The summed E-state index contributed by atoms with van der Waals surface area (Å²) in [6.45, 7) is 7.97. The van der Waals surface area contributed by atoms with E-state index < -0.39 is 0 Å². The third-order valence-corrected chi connectivity index (χ3v) is 4.86. The van der Waals surface area contributed by atoms with Crippen LogP contribution in [0.25, 0.3) is 0 Å². The molecule has 2 aromatic heterocycles. The van der Waals surface area contributed by atoms with Gasteiger partial charge in [0.15, 0.2) is 0 Å². The monoisotopic (exact) mass is 328 g/mol. The molecule has 1 N–H and O–H groups in total. The van der Waals surface area contributed by atoms with Gasteiger partial charge >= 0.3 is 0 Å². The third kappa shape index (κ3) is 4.22. The highest BCUT2D eigenvalue weighted by atomic mass is 16.5. The molecular formula is C19H28N4O. The van der Waals surface area contributed by atoms with Crippen molar-refractivity contribution >= 4 is 0 Å². The Labute approximate surface area is 144 Å². The standard InChI is InChI=1S/C19H28N4O/c1-3-23-14-18(13-22-23)19-17(5-4-10-24-19)12-21-9-7-16-6-8-20-11-15(16)2/h6,8,11,13-14,17,19,21H,3-5,7,9-10,12H2,1-2H3/t17-,19+/m0/s1. The molecule has 2 atom stereocenters. The van der Waals surface area contributed by atoms with Crippen LogP contribution in [0.5, 0.6) is 0 Å². The molecule has 1 aliphatic heterocycles. The lowest BCUT2D eigenvalue weighted by atomic mass is 9.91. The topological polar surface area (TPSA) is 52.0 Å². The molecule has 0 radical (unpaired) electrons. The molecule has 130 valence electrons. The molecule has 0 saturated carbocycles. The summed E-state index contributed by atoms with van der Waals surface area (Å²) in [5.74, 6) is 0.520. The lowest BCUT2D eigenvalue weighted by molar-refractivity contribution is -0.0277. The van der Waals surface area contributed by atoms with E-state index in [1.165, 1.54) is 23.1 Å². The summed E-state index contributed by atoms with van der Waals surface area (Å²) >= 11 is 0. The molecule has 5 heteroatoms. The van der Waals surface area contributed by atoms with E-state index >= 15 is 0 Å². The van der Waals surface area contributed by atoms with Gasteiger partial charge in [0.05, 0.1) is 12.3 Å². The number of nitrogens with zero attached hydrogens (tertiary/aromatic N) is 3. The SMILES string of the molecule is CCn1cc([C@@H]2OCCC[C@H]2CNCCc2ccncc2C)cn1. The molecular weight excluding hydrogens is 300 g/mol. The summed E-state index contributed by atoms with van der Waals surface area (Å²) in [5.41, 5.74) is 3.86. The molecule has 1 saturated heterocycles. The van der Waals surface area contributed by atoms with E-state index in [9.17, 15) is 0 Å². The second kappa shape index (κ2) is 8.40. The largest absolute Gasteiger partial charge is 0.373 e. The highest BCUT2D eigenvalue weighted by Gasteiger charge is 2.28. The maximum Gasteiger partial charge on any atom is 0.0895 e. The van der Waals surface area contributed by atoms with Crippen molar-refractivity contribution in [3.8, 4) is 0 Å². The lowest BCUT2D eigenvalue weighted by Crippen LogP contribution is -2.32. The first kappa shape index (κ1) is 17.1. The van der Waals surface area contributed by atoms with Crippen LogP contribution in [0.3, 0.4) is 0 Å². The second-order valence-corrected chi connectivity index (χ2v) is 6.58. The van der Waals surface area contributed by atoms with Gasteiger partial charge in [0.1, 0.15) is 0 Å². The van der Waals surface area contributed by atoms with Crippen LogP contribution < -0.4 is 5.32 Å². The zero-order valence-corrected chi connectivity index (χ0v) is 14.7.